The lowest BCUT2D eigenvalue weighted by Crippen LogP contribution is -2.35. The van der Waals surface area contributed by atoms with Gasteiger partial charge < -0.3 is 14.1 Å². The number of likely N-dealkylation sites (tertiary alicyclic amines) is 1. The number of halogens is 2. The van der Waals surface area contributed by atoms with Crippen molar-refractivity contribution in [1.29, 1.82) is 0 Å². The fraction of sp³-hybridized carbons (Fsp3) is 0.500. The van der Waals surface area contributed by atoms with Crippen LogP contribution < -0.4 is 4.74 Å². The van der Waals surface area contributed by atoms with E-state index in [-0.39, 0.29) is 27.5 Å². The molecular weight excluding hydrogens is 418 g/mol. The first-order valence-electron chi connectivity index (χ1n) is 9.49. The third kappa shape index (κ3) is 3.57. The number of hydrogen-bond donors (Lipinski definition) is 0. The zero-order valence-electron chi connectivity index (χ0n) is 16.8. The molecule has 30 heavy (non-hydrogen) atoms. The van der Waals surface area contributed by atoms with E-state index < -0.39 is 27.8 Å². The average Bonchev–Trinajstić information content (AvgIpc) is 3.03. The van der Waals surface area contributed by atoms with E-state index in [1.165, 1.54) is 31.4 Å². The van der Waals surface area contributed by atoms with Gasteiger partial charge in [-0.3, -0.25) is 4.79 Å². The highest BCUT2D eigenvalue weighted by molar-refractivity contribution is 7.90. The Morgan fingerprint density at radius 3 is 2.77 bits per heavy atom. The van der Waals surface area contributed by atoms with Crippen LogP contribution in [0.1, 0.15) is 36.5 Å². The van der Waals surface area contributed by atoms with Gasteiger partial charge in [0, 0.05) is 26.3 Å². The molecule has 0 radical (unpaired) electrons. The summed E-state index contributed by atoms with van der Waals surface area (Å²) < 4.78 is 62.0. The fourth-order valence-corrected chi connectivity index (χ4v) is 4.56. The Labute approximate surface area is 172 Å². The minimum Gasteiger partial charge on any atom is -0.484 e. The summed E-state index contributed by atoms with van der Waals surface area (Å²) in [5, 5.41) is 0. The van der Waals surface area contributed by atoms with Crippen molar-refractivity contribution in [2.75, 3.05) is 19.3 Å². The van der Waals surface area contributed by atoms with Gasteiger partial charge in [0.15, 0.2) is 15.9 Å². The number of nitrogens with zero attached hydrogens (tertiary/aromatic N) is 2. The first-order valence-corrected chi connectivity index (χ1v) is 11.4. The smallest absolute Gasteiger partial charge is 0.281 e. The Morgan fingerprint density at radius 2 is 2.17 bits per heavy atom. The van der Waals surface area contributed by atoms with E-state index in [1.807, 2.05) is 0 Å². The summed E-state index contributed by atoms with van der Waals surface area (Å²) in [7, 11) is -3.60. The molecule has 7 nitrogen and oxygen atoms in total. The van der Waals surface area contributed by atoms with Crippen molar-refractivity contribution in [2.24, 2.45) is 5.92 Å². The Kier molecular flexibility index (Phi) is 4.68. The van der Waals surface area contributed by atoms with Gasteiger partial charge in [0.05, 0.1) is 22.1 Å². The number of benzene rings is 1. The summed E-state index contributed by atoms with van der Waals surface area (Å²) in [6.45, 7) is 2.72. The molecule has 0 N–H and O–H groups in total. The summed E-state index contributed by atoms with van der Waals surface area (Å²) in [5.41, 5.74) is -0.392. The zero-order chi connectivity index (χ0) is 21.9. The quantitative estimate of drug-likeness (QED) is 0.686. The molecule has 0 spiro atoms. The number of rotatable bonds is 6. The molecule has 2 aromatic rings. The Hall–Kier alpha value is -2.49. The Bertz CT molecular complexity index is 1080. The van der Waals surface area contributed by atoms with Gasteiger partial charge >= 0.3 is 0 Å². The lowest BCUT2D eigenvalue weighted by molar-refractivity contribution is -0.0720. The molecule has 10 heteroatoms. The number of amides is 1. The van der Waals surface area contributed by atoms with Crippen LogP contribution in [0.25, 0.3) is 0 Å². The largest absolute Gasteiger partial charge is 0.484 e. The number of aromatic nitrogens is 1. The van der Waals surface area contributed by atoms with Gasteiger partial charge in [0.1, 0.15) is 12.0 Å². The molecule has 2 heterocycles. The molecule has 2 fully saturated rings. The minimum atomic E-state index is -3.60. The maximum Gasteiger partial charge on any atom is 0.281 e. The van der Waals surface area contributed by atoms with Crippen LogP contribution in [0.5, 0.6) is 5.75 Å². The standard InChI is InChI=1S/C20H22F2N2O5S/c1-12(19(2,21)22)29-16-5-4-14(30(3,26)27)8-15(16)17(25)24-10-13-9-20(13,11-24)18-23-6-7-28-18/h4-8,12-13H,9-11H2,1-3H3/t12-,13?,20?/m0/s1. The Balaban J connectivity index is 1.65. The molecule has 1 saturated carbocycles. The first kappa shape index (κ1) is 20.8. The van der Waals surface area contributed by atoms with Crippen molar-refractivity contribution in [3.8, 4) is 5.75 Å². The van der Waals surface area contributed by atoms with Gasteiger partial charge in [-0.1, -0.05) is 0 Å². The second kappa shape index (κ2) is 6.76. The lowest BCUT2D eigenvalue weighted by atomic mass is 10.1. The molecule has 1 aromatic carbocycles. The molecule has 1 aliphatic heterocycles. The number of ether oxygens (including phenoxy) is 1. The normalized spacial score (nSPS) is 24.4. The fourth-order valence-electron chi connectivity index (χ4n) is 3.91. The van der Waals surface area contributed by atoms with Crippen LogP contribution in [-0.2, 0) is 15.3 Å². The summed E-state index contributed by atoms with van der Waals surface area (Å²) in [6, 6.07) is 3.69. The second-order valence-corrected chi connectivity index (χ2v) is 10.2. The topological polar surface area (TPSA) is 89.7 Å². The summed E-state index contributed by atoms with van der Waals surface area (Å²) >= 11 is 0. The summed E-state index contributed by atoms with van der Waals surface area (Å²) in [4.78, 5) is 19.0. The Morgan fingerprint density at radius 1 is 1.43 bits per heavy atom. The zero-order valence-corrected chi connectivity index (χ0v) is 17.6. The van der Waals surface area contributed by atoms with E-state index in [4.69, 9.17) is 9.15 Å². The predicted molar refractivity (Wildman–Crippen MR) is 102 cm³/mol. The summed E-state index contributed by atoms with van der Waals surface area (Å²) in [5.74, 6) is -2.92. The molecule has 1 aromatic heterocycles. The van der Waals surface area contributed by atoms with Crippen LogP contribution >= 0.6 is 0 Å². The van der Waals surface area contributed by atoms with Crippen LogP contribution in [0.3, 0.4) is 0 Å². The van der Waals surface area contributed by atoms with Crippen molar-refractivity contribution < 1.29 is 31.1 Å². The van der Waals surface area contributed by atoms with E-state index >= 15 is 0 Å². The van der Waals surface area contributed by atoms with Crippen LogP contribution in [0.4, 0.5) is 8.78 Å². The molecular formula is C20H22F2N2O5S. The second-order valence-electron chi connectivity index (χ2n) is 8.23. The molecule has 3 atom stereocenters. The molecule has 2 unspecified atom stereocenters. The van der Waals surface area contributed by atoms with Gasteiger partial charge in [0.2, 0.25) is 5.89 Å². The molecule has 4 rings (SSSR count). The highest BCUT2D eigenvalue weighted by Crippen LogP contribution is 2.58. The number of alkyl halides is 2. The highest BCUT2D eigenvalue weighted by Gasteiger charge is 2.64. The predicted octanol–water partition coefficient (Wildman–Crippen LogP) is 2.91. The number of hydrogen-bond acceptors (Lipinski definition) is 6. The number of oxazole rings is 1. The van der Waals surface area contributed by atoms with E-state index in [0.29, 0.717) is 19.0 Å². The SMILES string of the molecule is C[C@H](Oc1ccc(S(C)(=O)=O)cc1C(=O)N1CC2CC2(c2ncco2)C1)C(C)(F)F. The third-order valence-corrected chi connectivity index (χ3v) is 7.03. The number of carbonyl (C=O) groups is 1. The number of fused-ring (bicyclic) bond motifs is 1. The van der Waals surface area contributed by atoms with Crippen molar-refractivity contribution in [3.63, 3.8) is 0 Å². The van der Waals surface area contributed by atoms with Crippen molar-refractivity contribution in [3.05, 3.63) is 42.1 Å². The van der Waals surface area contributed by atoms with Crippen LogP contribution in [-0.4, -0.2) is 55.6 Å². The molecule has 0 bridgehead atoms. The number of sulfone groups is 1. The van der Waals surface area contributed by atoms with Gasteiger partial charge in [0.25, 0.3) is 11.8 Å². The third-order valence-electron chi connectivity index (χ3n) is 5.92. The van der Waals surface area contributed by atoms with Crippen LogP contribution in [0.15, 0.2) is 40.0 Å². The summed E-state index contributed by atoms with van der Waals surface area (Å²) in [6.07, 6.45) is 3.40. The first-order chi connectivity index (χ1) is 13.9. The van der Waals surface area contributed by atoms with Gasteiger partial charge in [-0.2, -0.15) is 0 Å². The van der Waals surface area contributed by atoms with Gasteiger partial charge in [-0.05, 0) is 37.5 Å². The molecule has 1 amide bonds. The van der Waals surface area contributed by atoms with Gasteiger partial charge in [-0.25, -0.2) is 22.2 Å². The molecule has 162 valence electrons. The van der Waals surface area contributed by atoms with Gasteiger partial charge in [-0.15, -0.1) is 0 Å². The monoisotopic (exact) mass is 440 g/mol. The lowest BCUT2D eigenvalue weighted by Gasteiger charge is -2.25. The molecule has 1 saturated heterocycles. The van der Waals surface area contributed by atoms with E-state index in [0.717, 1.165) is 19.6 Å². The maximum atomic E-state index is 13.6. The van der Waals surface area contributed by atoms with E-state index in [9.17, 15) is 22.0 Å². The van der Waals surface area contributed by atoms with E-state index in [1.54, 1.807) is 11.1 Å². The van der Waals surface area contributed by atoms with Crippen LogP contribution in [0, 0.1) is 5.92 Å². The van der Waals surface area contributed by atoms with E-state index in [2.05, 4.69) is 4.98 Å². The van der Waals surface area contributed by atoms with Crippen molar-refractivity contribution in [1.82, 2.24) is 9.88 Å². The highest BCUT2D eigenvalue weighted by atomic mass is 32.2. The molecule has 2 aliphatic rings. The molecule has 1 aliphatic carbocycles. The maximum absolute atomic E-state index is 13.6. The van der Waals surface area contributed by atoms with Crippen molar-refractivity contribution >= 4 is 15.7 Å². The number of piperidine rings is 1. The van der Waals surface area contributed by atoms with Crippen LogP contribution in [0.2, 0.25) is 0 Å². The minimum absolute atomic E-state index is 0.0575. The van der Waals surface area contributed by atoms with Crippen molar-refractivity contribution in [2.45, 2.75) is 42.6 Å². The average molecular weight is 440 g/mol. The number of carbonyl (C=O) groups excluding carboxylic acids is 1.